The van der Waals surface area contributed by atoms with Crippen LogP contribution in [0.3, 0.4) is 0 Å². The Morgan fingerprint density at radius 1 is 1.12 bits per heavy atom. The lowest BCUT2D eigenvalue weighted by Crippen LogP contribution is -2.30. The predicted octanol–water partition coefficient (Wildman–Crippen LogP) is 5.09. The van der Waals surface area contributed by atoms with Crippen LogP contribution in [0.5, 0.6) is 0 Å². The molecule has 0 aliphatic heterocycles. The second-order valence-electron chi connectivity index (χ2n) is 8.75. The zero-order chi connectivity index (χ0) is 25.0. The molecule has 1 heterocycles. The van der Waals surface area contributed by atoms with E-state index in [1.54, 1.807) is 12.1 Å². The number of nitrogens with one attached hydrogen (secondary N) is 1. The summed E-state index contributed by atoms with van der Waals surface area (Å²) in [6, 6.07) is 11.2. The van der Waals surface area contributed by atoms with Crippen molar-refractivity contribution in [1.29, 1.82) is 0 Å². The molecule has 0 aliphatic carbocycles. The smallest absolute Gasteiger partial charge is 0.243 e. The number of hydrogen-bond donors (Lipinski definition) is 1. The third-order valence-corrected chi connectivity index (χ3v) is 8.27. The van der Waals surface area contributed by atoms with Crippen LogP contribution in [-0.2, 0) is 27.8 Å². The number of sulfonamides is 1. The lowest BCUT2D eigenvalue weighted by Gasteiger charge is -2.18. The van der Waals surface area contributed by atoms with Crippen LogP contribution in [0.15, 0.2) is 41.3 Å². The lowest BCUT2D eigenvalue weighted by molar-refractivity contribution is -0.116. The molecule has 1 N–H and O–H groups in total. The van der Waals surface area contributed by atoms with Gasteiger partial charge < -0.3 is 9.88 Å². The van der Waals surface area contributed by atoms with Crippen molar-refractivity contribution in [1.82, 2.24) is 13.9 Å². The molecule has 0 fully saturated rings. The highest BCUT2D eigenvalue weighted by Gasteiger charge is 2.23. The molecule has 0 atom stereocenters. The van der Waals surface area contributed by atoms with E-state index in [9.17, 15) is 13.2 Å². The first-order valence-electron chi connectivity index (χ1n) is 12.0. The molecule has 3 rings (SSSR count). The molecule has 34 heavy (non-hydrogen) atoms. The summed E-state index contributed by atoms with van der Waals surface area (Å²) in [6.45, 7) is 13.4. The number of aromatic nitrogens is 2. The van der Waals surface area contributed by atoms with Gasteiger partial charge in [-0.1, -0.05) is 45.9 Å². The minimum atomic E-state index is -3.56. The molecular formula is C26H36N4O3S. The van der Waals surface area contributed by atoms with Crippen molar-refractivity contribution < 1.29 is 13.2 Å². The molecule has 0 aliphatic rings. The molecule has 0 unspecified atom stereocenters. The molecule has 1 amide bonds. The minimum Gasteiger partial charge on any atom is -0.328 e. The summed E-state index contributed by atoms with van der Waals surface area (Å²) >= 11 is 0. The first-order chi connectivity index (χ1) is 16.1. The first kappa shape index (κ1) is 25.9. The second kappa shape index (κ2) is 10.7. The van der Waals surface area contributed by atoms with E-state index in [-0.39, 0.29) is 10.8 Å². The fourth-order valence-electron chi connectivity index (χ4n) is 4.35. The minimum absolute atomic E-state index is 0.0595. The maximum atomic E-state index is 12.9. The fraction of sp³-hybridized carbons (Fsp3) is 0.462. The highest BCUT2D eigenvalue weighted by molar-refractivity contribution is 7.89. The number of nitrogens with zero attached hydrogens (tertiary/aromatic N) is 3. The molecule has 0 bridgehead atoms. The Labute approximate surface area is 203 Å². The summed E-state index contributed by atoms with van der Waals surface area (Å²) in [5.41, 5.74) is 4.56. The van der Waals surface area contributed by atoms with Crippen molar-refractivity contribution in [3.63, 3.8) is 0 Å². The van der Waals surface area contributed by atoms with Crippen LogP contribution in [0.2, 0.25) is 0 Å². The van der Waals surface area contributed by atoms with Gasteiger partial charge in [-0.2, -0.15) is 4.31 Å². The number of imidazole rings is 1. The van der Waals surface area contributed by atoms with Gasteiger partial charge in [-0.3, -0.25) is 4.79 Å². The molecular weight excluding hydrogens is 448 g/mol. The van der Waals surface area contributed by atoms with Gasteiger partial charge in [-0.15, -0.1) is 0 Å². The zero-order valence-corrected chi connectivity index (χ0v) is 21.9. The number of rotatable bonds is 10. The average Bonchev–Trinajstić information content (AvgIpc) is 3.16. The van der Waals surface area contributed by atoms with Gasteiger partial charge in [-0.05, 0) is 49.1 Å². The topological polar surface area (TPSA) is 84.3 Å². The highest BCUT2D eigenvalue weighted by atomic mass is 32.2. The number of para-hydroxylation sites is 1. The number of amides is 1. The number of anilines is 1. The summed E-state index contributed by atoms with van der Waals surface area (Å²) in [4.78, 5) is 17.8. The number of fused-ring (bicyclic) bond motifs is 1. The lowest BCUT2D eigenvalue weighted by atomic mass is 9.98. The van der Waals surface area contributed by atoms with Crippen LogP contribution in [0.4, 0.5) is 5.69 Å². The molecule has 0 saturated carbocycles. The largest absolute Gasteiger partial charge is 0.328 e. The van der Waals surface area contributed by atoms with Crippen LogP contribution in [-0.4, -0.2) is 41.3 Å². The van der Waals surface area contributed by atoms with E-state index in [1.807, 2.05) is 56.5 Å². The van der Waals surface area contributed by atoms with Crippen LogP contribution in [0.1, 0.15) is 63.9 Å². The number of aryl methyl sites for hydroxylation is 3. The highest BCUT2D eigenvalue weighted by Crippen LogP contribution is 2.28. The van der Waals surface area contributed by atoms with E-state index in [0.717, 1.165) is 28.2 Å². The maximum Gasteiger partial charge on any atom is 0.243 e. The van der Waals surface area contributed by atoms with Gasteiger partial charge in [0.05, 0.1) is 15.9 Å². The maximum absolute atomic E-state index is 12.9. The van der Waals surface area contributed by atoms with Crippen LogP contribution >= 0.6 is 0 Å². The fourth-order valence-corrected chi connectivity index (χ4v) is 5.82. The normalized spacial score (nSPS) is 12.1. The number of hydrogen-bond acceptors (Lipinski definition) is 4. The van der Waals surface area contributed by atoms with Gasteiger partial charge in [0.15, 0.2) is 0 Å². The third kappa shape index (κ3) is 5.18. The van der Waals surface area contributed by atoms with Crippen LogP contribution in [0, 0.1) is 6.92 Å². The summed E-state index contributed by atoms with van der Waals surface area (Å²) in [6.07, 6.45) is 0.759. The molecule has 0 saturated heterocycles. The van der Waals surface area contributed by atoms with E-state index in [0.29, 0.717) is 43.9 Å². The van der Waals surface area contributed by atoms with Crippen molar-refractivity contribution in [2.75, 3.05) is 18.4 Å². The van der Waals surface area contributed by atoms with Crippen LogP contribution in [0.25, 0.3) is 11.0 Å². The third-order valence-electron chi connectivity index (χ3n) is 6.23. The quantitative estimate of drug-likeness (QED) is 0.434. The Morgan fingerprint density at radius 3 is 2.44 bits per heavy atom. The summed E-state index contributed by atoms with van der Waals surface area (Å²) in [5, 5.41) is 3.10. The number of carbonyl (C=O) groups excluding carboxylic acids is 1. The molecule has 2 aromatic carbocycles. The molecule has 0 spiro atoms. The van der Waals surface area contributed by atoms with E-state index in [4.69, 9.17) is 4.98 Å². The molecule has 3 aromatic rings. The van der Waals surface area contributed by atoms with Crippen molar-refractivity contribution in [3.8, 4) is 0 Å². The average molecular weight is 485 g/mol. The van der Waals surface area contributed by atoms with E-state index < -0.39 is 10.0 Å². The summed E-state index contributed by atoms with van der Waals surface area (Å²) in [7, 11) is -3.56. The van der Waals surface area contributed by atoms with Crippen molar-refractivity contribution >= 4 is 32.7 Å². The van der Waals surface area contributed by atoms with E-state index in [2.05, 4.69) is 19.2 Å². The SMILES string of the molecule is CCN(CC)S(=O)(=O)c1ccc2c(c1)nc(CCC(=O)Nc1c(C)cccc1C(C)C)n2CC. The Balaban J connectivity index is 1.84. The summed E-state index contributed by atoms with van der Waals surface area (Å²) in [5.74, 6) is 1.02. The van der Waals surface area contributed by atoms with Crippen LogP contribution < -0.4 is 5.32 Å². The Bertz CT molecular complexity index is 1270. The predicted molar refractivity (Wildman–Crippen MR) is 138 cm³/mol. The Hall–Kier alpha value is -2.71. The van der Waals surface area contributed by atoms with Gasteiger partial charge >= 0.3 is 0 Å². The zero-order valence-electron chi connectivity index (χ0n) is 21.1. The Morgan fingerprint density at radius 2 is 1.82 bits per heavy atom. The van der Waals surface area contributed by atoms with Crippen molar-refractivity contribution in [2.24, 2.45) is 0 Å². The molecule has 184 valence electrons. The van der Waals surface area contributed by atoms with Gasteiger partial charge in [-0.25, -0.2) is 13.4 Å². The molecule has 7 nitrogen and oxygen atoms in total. The van der Waals surface area contributed by atoms with E-state index in [1.165, 1.54) is 4.31 Å². The summed E-state index contributed by atoms with van der Waals surface area (Å²) < 4.78 is 29.3. The number of benzene rings is 2. The Kier molecular flexibility index (Phi) is 8.15. The van der Waals surface area contributed by atoms with Gasteiger partial charge in [0.1, 0.15) is 5.82 Å². The molecule has 8 heteroatoms. The number of carbonyl (C=O) groups is 1. The second-order valence-corrected chi connectivity index (χ2v) is 10.7. The van der Waals surface area contributed by atoms with E-state index >= 15 is 0 Å². The molecule has 0 radical (unpaired) electrons. The van der Waals surface area contributed by atoms with Gasteiger partial charge in [0.2, 0.25) is 15.9 Å². The van der Waals surface area contributed by atoms with Gasteiger partial charge in [0, 0.05) is 38.2 Å². The first-order valence-corrected chi connectivity index (χ1v) is 13.5. The molecule has 1 aromatic heterocycles. The van der Waals surface area contributed by atoms with Crippen molar-refractivity contribution in [2.45, 2.75) is 71.7 Å². The monoisotopic (exact) mass is 484 g/mol. The van der Waals surface area contributed by atoms with Gasteiger partial charge in [0.25, 0.3) is 0 Å². The van der Waals surface area contributed by atoms with Crippen molar-refractivity contribution in [3.05, 3.63) is 53.3 Å². The standard InChI is InChI=1S/C26H36N4O3S/c1-7-29(8-2)34(32,33)20-13-14-23-22(17-20)27-24(30(23)9-3)15-16-25(31)28-26-19(6)11-10-12-21(26)18(4)5/h10-14,17-18H,7-9,15-16H2,1-6H3,(H,28,31).